The first-order valence-corrected chi connectivity index (χ1v) is 8.74. The Kier molecular flexibility index (Phi) is 5.55. The molecule has 1 atom stereocenters. The van der Waals surface area contributed by atoms with Crippen LogP contribution < -0.4 is 5.32 Å². The molecule has 1 saturated heterocycles. The predicted octanol–water partition coefficient (Wildman–Crippen LogP) is 3.28. The lowest BCUT2D eigenvalue weighted by Gasteiger charge is -2.31. The van der Waals surface area contributed by atoms with Crippen LogP contribution in [0.25, 0.3) is 0 Å². The lowest BCUT2D eigenvalue weighted by molar-refractivity contribution is -0.151. The van der Waals surface area contributed by atoms with Crippen molar-refractivity contribution in [3.05, 3.63) is 47.3 Å². The number of carbonyl (C=O) groups is 2. The number of urea groups is 1. The van der Waals surface area contributed by atoms with Gasteiger partial charge in [0.25, 0.3) is 0 Å². The maximum Gasteiger partial charge on any atom is 0.321 e. The van der Waals surface area contributed by atoms with E-state index >= 15 is 0 Å². The van der Waals surface area contributed by atoms with Crippen molar-refractivity contribution >= 4 is 17.7 Å². The molecule has 1 aromatic carbocycles. The van der Waals surface area contributed by atoms with E-state index in [9.17, 15) is 9.59 Å². The first kappa shape index (κ1) is 18.0. The van der Waals surface area contributed by atoms with Gasteiger partial charge in [-0.2, -0.15) is 0 Å². The van der Waals surface area contributed by atoms with Gasteiger partial charge in [0, 0.05) is 18.8 Å². The van der Waals surface area contributed by atoms with Crippen molar-refractivity contribution in [1.29, 1.82) is 0 Å². The minimum Gasteiger partial charge on any atom is -0.460 e. The van der Waals surface area contributed by atoms with Crippen molar-refractivity contribution in [2.45, 2.75) is 33.3 Å². The van der Waals surface area contributed by atoms with Crippen LogP contribution in [0.2, 0.25) is 0 Å². The van der Waals surface area contributed by atoms with Crippen LogP contribution in [0.15, 0.2) is 34.9 Å². The van der Waals surface area contributed by atoms with Gasteiger partial charge in [0.2, 0.25) is 0 Å². The quantitative estimate of drug-likeness (QED) is 0.849. The number of rotatable bonds is 4. The van der Waals surface area contributed by atoms with Gasteiger partial charge in [-0.25, -0.2) is 4.79 Å². The third kappa shape index (κ3) is 4.22. The summed E-state index contributed by atoms with van der Waals surface area (Å²) < 4.78 is 10.5. The number of hydrogen-bond donors (Lipinski definition) is 1. The molecule has 2 aromatic rings. The second kappa shape index (κ2) is 8.03. The highest BCUT2D eigenvalue weighted by atomic mass is 16.5. The maximum atomic E-state index is 12.4. The van der Waals surface area contributed by atoms with Crippen LogP contribution in [0.3, 0.4) is 0 Å². The van der Waals surface area contributed by atoms with Gasteiger partial charge >= 0.3 is 12.0 Å². The number of aryl methyl sites for hydroxylation is 2. The molecule has 1 aliphatic heterocycles. The number of para-hydroxylation sites is 1. The molecule has 2 amide bonds. The summed E-state index contributed by atoms with van der Waals surface area (Å²) in [5, 5.41) is 6.71. The van der Waals surface area contributed by atoms with Gasteiger partial charge < -0.3 is 19.5 Å². The topological polar surface area (TPSA) is 84.7 Å². The summed E-state index contributed by atoms with van der Waals surface area (Å²) in [5.74, 6) is 0.0516. The molecule has 0 bridgehead atoms. The second-order valence-electron chi connectivity index (χ2n) is 6.49. The van der Waals surface area contributed by atoms with Crippen molar-refractivity contribution in [1.82, 2.24) is 10.1 Å². The van der Waals surface area contributed by atoms with Crippen LogP contribution in [0.5, 0.6) is 0 Å². The number of amides is 2. The molecule has 1 N–H and O–H groups in total. The highest BCUT2D eigenvalue weighted by Crippen LogP contribution is 2.21. The van der Waals surface area contributed by atoms with Crippen molar-refractivity contribution < 1.29 is 18.8 Å². The first-order chi connectivity index (χ1) is 12.5. The summed E-state index contributed by atoms with van der Waals surface area (Å²) in [7, 11) is 0. The Morgan fingerprint density at radius 2 is 2.08 bits per heavy atom. The Morgan fingerprint density at radius 1 is 1.31 bits per heavy atom. The number of nitrogens with zero attached hydrogens (tertiary/aromatic N) is 2. The number of likely N-dealkylation sites (tertiary alicyclic amines) is 1. The highest BCUT2D eigenvalue weighted by molar-refractivity contribution is 5.89. The summed E-state index contributed by atoms with van der Waals surface area (Å²) in [6.07, 6.45) is 1.49. The second-order valence-corrected chi connectivity index (χ2v) is 6.49. The number of esters is 1. The van der Waals surface area contributed by atoms with Crippen molar-refractivity contribution in [2.24, 2.45) is 5.92 Å². The molecule has 1 unspecified atom stereocenters. The molecule has 0 saturated carbocycles. The van der Waals surface area contributed by atoms with Gasteiger partial charge in [0.05, 0.1) is 17.2 Å². The van der Waals surface area contributed by atoms with E-state index in [0.717, 1.165) is 29.8 Å². The Balaban J connectivity index is 1.54. The van der Waals surface area contributed by atoms with Crippen LogP contribution >= 0.6 is 0 Å². The third-order valence-corrected chi connectivity index (χ3v) is 4.61. The summed E-state index contributed by atoms with van der Waals surface area (Å²) in [4.78, 5) is 26.5. The van der Waals surface area contributed by atoms with E-state index in [2.05, 4.69) is 10.5 Å². The van der Waals surface area contributed by atoms with Crippen LogP contribution in [-0.2, 0) is 16.1 Å². The number of ether oxygens (including phenoxy) is 1. The van der Waals surface area contributed by atoms with Gasteiger partial charge in [-0.05, 0) is 38.8 Å². The van der Waals surface area contributed by atoms with Gasteiger partial charge in [-0.3, -0.25) is 4.79 Å². The van der Waals surface area contributed by atoms with E-state index in [1.54, 1.807) is 11.8 Å². The Labute approximate surface area is 152 Å². The Morgan fingerprint density at radius 3 is 2.77 bits per heavy atom. The van der Waals surface area contributed by atoms with Gasteiger partial charge in [-0.1, -0.05) is 23.4 Å². The molecule has 2 heterocycles. The maximum absolute atomic E-state index is 12.4. The van der Waals surface area contributed by atoms with Gasteiger partial charge in [-0.15, -0.1) is 0 Å². The highest BCUT2D eigenvalue weighted by Gasteiger charge is 2.30. The molecular formula is C19H23N3O4. The molecule has 7 nitrogen and oxygen atoms in total. The smallest absolute Gasteiger partial charge is 0.321 e. The van der Waals surface area contributed by atoms with Crippen LogP contribution in [0.4, 0.5) is 10.5 Å². The standard InChI is InChI=1S/C19H23N3O4/c1-13-17(14(2)26-21-13)12-25-18(23)15-7-6-10-22(11-15)19(24)20-16-8-4-3-5-9-16/h3-5,8-9,15H,6-7,10-12H2,1-2H3,(H,20,24). The van der Waals surface area contributed by atoms with Crippen LogP contribution in [0.1, 0.15) is 29.9 Å². The fourth-order valence-electron chi connectivity index (χ4n) is 3.05. The molecule has 1 fully saturated rings. The molecule has 3 rings (SSSR count). The number of benzene rings is 1. The largest absolute Gasteiger partial charge is 0.460 e. The first-order valence-electron chi connectivity index (χ1n) is 8.74. The molecular weight excluding hydrogens is 334 g/mol. The van der Waals surface area contributed by atoms with Crippen molar-refractivity contribution in [3.63, 3.8) is 0 Å². The molecule has 0 radical (unpaired) electrons. The average molecular weight is 357 g/mol. The monoisotopic (exact) mass is 357 g/mol. The zero-order valence-electron chi connectivity index (χ0n) is 15.0. The van der Waals surface area contributed by atoms with Crippen molar-refractivity contribution in [2.75, 3.05) is 18.4 Å². The molecule has 26 heavy (non-hydrogen) atoms. The lowest BCUT2D eigenvalue weighted by atomic mass is 9.98. The van der Waals surface area contributed by atoms with E-state index in [1.807, 2.05) is 37.3 Å². The molecule has 0 aliphatic carbocycles. The average Bonchev–Trinajstić information content (AvgIpc) is 2.98. The van der Waals surface area contributed by atoms with E-state index in [-0.39, 0.29) is 24.5 Å². The molecule has 0 spiro atoms. The third-order valence-electron chi connectivity index (χ3n) is 4.61. The number of aromatic nitrogens is 1. The van der Waals surface area contributed by atoms with Crippen LogP contribution in [-0.4, -0.2) is 35.1 Å². The van der Waals surface area contributed by atoms with Crippen LogP contribution in [0, 0.1) is 19.8 Å². The molecule has 138 valence electrons. The summed E-state index contributed by atoms with van der Waals surface area (Å²) in [6.45, 7) is 4.74. The SMILES string of the molecule is Cc1noc(C)c1COC(=O)C1CCCN(C(=O)Nc2ccccc2)C1. The minimum absolute atomic E-state index is 0.146. The fraction of sp³-hybridized carbons (Fsp3) is 0.421. The molecule has 1 aliphatic rings. The fourth-order valence-corrected chi connectivity index (χ4v) is 3.05. The van der Waals surface area contributed by atoms with Gasteiger partial charge in [0.1, 0.15) is 12.4 Å². The number of piperidine rings is 1. The number of hydrogen-bond acceptors (Lipinski definition) is 5. The van der Waals surface area contributed by atoms with E-state index in [4.69, 9.17) is 9.26 Å². The van der Waals surface area contributed by atoms with Gasteiger partial charge in [0.15, 0.2) is 0 Å². The summed E-state index contributed by atoms with van der Waals surface area (Å²) in [5.41, 5.74) is 2.26. The van der Waals surface area contributed by atoms with E-state index in [1.165, 1.54) is 0 Å². The predicted molar refractivity (Wildman–Crippen MR) is 95.5 cm³/mol. The minimum atomic E-state index is -0.314. The van der Waals surface area contributed by atoms with E-state index < -0.39 is 0 Å². The summed E-state index contributed by atoms with van der Waals surface area (Å²) >= 11 is 0. The van der Waals surface area contributed by atoms with Crippen molar-refractivity contribution in [3.8, 4) is 0 Å². The zero-order chi connectivity index (χ0) is 18.5. The lowest BCUT2D eigenvalue weighted by Crippen LogP contribution is -2.44. The molecule has 1 aromatic heterocycles. The Bertz CT molecular complexity index is 753. The normalized spacial score (nSPS) is 17.0. The van der Waals surface area contributed by atoms with E-state index in [0.29, 0.717) is 18.8 Å². The molecule has 7 heteroatoms. The number of anilines is 1. The zero-order valence-corrected chi connectivity index (χ0v) is 15.0. The number of carbonyl (C=O) groups excluding carboxylic acids is 2. The Hall–Kier alpha value is -2.83. The summed E-state index contributed by atoms with van der Waals surface area (Å²) in [6, 6.07) is 9.08. The number of nitrogens with one attached hydrogen (secondary N) is 1.